The zero-order valence-electron chi connectivity index (χ0n) is 12.1. The highest BCUT2D eigenvalue weighted by molar-refractivity contribution is 5.88. The molecule has 1 unspecified atom stereocenters. The third kappa shape index (κ3) is 3.54. The molecule has 2 rings (SSSR count). The van der Waals surface area contributed by atoms with Gasteiger partial charge in [-0.25, -0.2) is 0 Å². The zero-order chi connectivity index (χ0) is 14.0. The monoisotopic (exact) mass is 267 g/mol. The lowest BCUT2D eigenvalue weighted by Gasteiger charge is -2.22. The van der Waals surface area contributed by atoms with Crippen molar-refractivity contribution in [1.29, 1.82) is 0 Å². The van der Waals surface area contributed by atoms with Crippen molar-refractivity contribution in [2.45, 2.75) is 26.8 Å². The van der Waals surface area contributed by atoms with Crippen molar-refractivity contribution in [1.82, 2.24) is 15.5 Å². The van der Waals surface area contributed by atoms with Crippen LogP contribution in [0.15, 0.2) is 0 Å². The molecule has 5 nitrogen and oxygen atoms in total. The van der Waals surface area contributed by atoms with E-state index in [1.54, 1.807) is 0 Å². The summed E-state index contributed by atoms with van der Waals surface area (Å²) in [6, 6.07) is -0.351. The van der Waals surface area contributed by atoms with Gasteiger partial charge in [0.2, 0.25) is 5.91 Å². The van der Waals surface area contributed by atoms with Gasteiger partial charge in [0.15, 0.2) is 5.78 Å². The number of carbonyl (C=O) groups is 2. The van der Waals surface area contributed by atoms with Crippen LogP contribution in [0, 0.1) is 17.8 Å². The molecule has 2 heterocycles. The van der Waals surface area contributed by atoms with Gasteiger partial charge in [0.05, 0.1) is 12.6 Å². The van der Waals surface area contributed by atoms with E-state index in [9.17, 15) is 9.59 Å². The van der Waals surface area contributed by atoms with Gasteiger partial charge in [0, 0.05) is 13.1 Å². The number of nitrogens with zero attached hydrogens (tertiary/aromatic N) is 1. The Labute approximate surface area is 115 Å². The average molecular weight is 267 g/mol. The zero-order valence-corrected chi connectivity index (χ0v) is 12.1. The molecule has 0 aliphatic carbocycles. The SMILES string of the molecule is CC(=O)C(NC(=O)CN1C[C@H]2CNC[C@H]2C1)C(C)C. The highest BCUT2D eigenvalue weighted by Crippen LogP contribution is 2.25. The second-order valence-corrected chi connectivity index (χ2v) is 6.27. The molecule has 0 spiro atoms. The van der Waals surface area contributed by atoms with Crippen molar-refractivity contribution >= 4 is 11.7 Å². The van der Waals surface area contributed by atoms with Gasteiger partial charge in [0.1, 0.15) is 0 Å². The van der Waals surface area contributed by atoms with Gasteiger partial charge in [-0.1, -0.05) is 13.8 Å². The van der Waals surface area contributed by atoms with Gasteiger partial charge in [-0.15, -0.1) is 0 Å². The van der Waals surface area contributed by atoms with E-state index in [-0.39, 0.29) is 23.7 Å². The highest BCUT2D eigenvalue weighted by atomic mass is 16.2. The first-order valence-corrected chi connectivity index (χ1v) is 7.20. The molecule has 0 bridgehead atoms. The summed E-state index contributed by atoms with van der Waals surface area (Å²) < 4.78 is 0. The molecule has 0 saturated carbocycles. The third-order valence-electron chi connectivity index (χ3n) is 4.25. The molecular formula is C14H25N3O2. The first-order chi connectivity index (χ1) is 8.97. The normalized spacial score (nSPS) is 28.4. The molecule has 2 N–H and O–H groups in total. The lowest BCUT2D eigenvalue weighted by Crippen LogP contribution is -2.47. The van der Waals surface area contributed by atoms with Gasteiger partial charge in [-0.3, -0.25) is 14.5 Å². The molecular weight excluding hydrogens is 242 g/mol. The maximum absolute atomic E-state index is 12.0. The van der Waals surface area contributed by atoms with Crippen molar-refractivity contribution < 1.29 is 9.59 Å². The Bertz CT molecular complexity index is 345. The first-order valence-electron chi connectivity index (χ1n) is 7.20. The number of Topliss-reactive ketones (excluding diaryl/α,β-unsaturated/α-hetero) is 1. The summed E-state index contributed by atoms with van der Waals surface area (Å²) in [6.07, 6.45) is 0. The predicted molar refractivity (Wildman–Crippen MR) is 73.7 cm³/mol. The van der Waals surface area contributed by atoms with E-state index in [2.05, 4.69) is 15.5 Å². The lowest BCUT2D eigenvalue weighted by atomic mass is 10.0. The van der Waals surface area contributed by atoms with Crippen LogP contribution in [0.1, 0.15) is 20.8 Å². The standard InChI is InChI=1S/C14H25N3O2/c1-9(2)14(10(3)18)16-13(19)8-17-6-11-4-15-5-12(11)7-17/h9,11-12,14-15H,4-8H2,1-3H3,(H,16,19)/t11-,12+,14?. The number of fused-ring (bicyclic) bond motifs is 1. The number of likely N-dealkylation sites (tertiary alicyclic amines) is 1. The predicted octanol–water partition coefficient (Wildman–Crippen LogP) is -0.133. The quantitative estimate of drug-likeness (QED) is 0.728. The topological polar surface area (TPSA) is 61.4 Å². The molecule has 2 saturated heterocycles. The summed E-state index contributed by atoms with van der Waals surface area (Å²) in [5.41, 5.74) is 0. The number of hydrogen-bond donors (Lipinski definition) is 2. The van der Waals surface area contributed by atoms with Crippen LogP contribution in [0.4, 0.5) is 0 Å². The second-order valence-electron chi connectivity index (χ2n) is 6.27. The molecule has 0 aromatic carbocycles. The van der Waals surface area contributed by atoms with Crippen LogP contribution >= 0.6 is 0 Å². The molecule has 3 atom stereocenters. The van der Waals surface area contributed by atoms with E-state index in [1.807, 2.05) is 13.8 Å². The lowest BCUT2D eigenvalue weighted by molar-refractivity contribution is -0.128. The Balaban J connectivity index is 1.80. The number of amides is 1. The molecule has 0 aromatic heterocycles. The molecule has 2 aliphatic heterocycles. The third-order valence-corrected chi connectivity index (χ3v) is 4.25. The molecule has 2 fully saturated rings. The minimum atomic E-state index is -0.351. The molecule has 19 heavy (non-hydrogen) atoms. The summed E-state index contributed by atoms with van der Waals surface area (Å²) >= 11 is 0. The molecule has 5 heteroatoms. The van der Waals surface area contributed by atoms with Crippen molar-refractivity contribution in [3.05, 3.63) is 0 Å². The van der Waals surface area contributed by atoms with Crippen molar-refractivity contribution in [3.8, 4) is 0 Å². The van der Waals surface area contributed by atoms with E-state index in [4.69, 9.17) is 0 Å². The second kappa shape index (κ2) is 6.01. The Morgan fingerprint density at radius 3 is 2.32 bits per heavy atom. The summed E-state index contributed by atoms with van der Waals surface area (Å²) in [4.78, 5) is 25.7. The van der Waals surface area contributed by atoms with Gasteiger partial charge < -0.3 is 10.6 Å². The summed E-state index contributed by atoms with van der Waals surface area (Å²) in [5, 5.41) is 6.25. The molecule has 0 radical (unpaired) electrons. The van der Waals surface area contributed by atoms with Gasteiger partial charge >= 0.3 is 0 Å². The first kappa shape index (κ1) is 14.5. The fourth-order valence-corrected chi connectivity index (χ4v) is 3.24. The summed E-state index contributed by atoms with van der Waals surface area (Å²) in [7, 11) is 0. The van der Waals surface area contributed by atoms with Crippen LogP contribution in [-0.2, 0) is 9.59 Å². The Morgan fingerprint density at radius 1 is 1.26 bits per heavy atom. The van der Waals surface area contributed by atoms with Gasteiger partial charge in [0.25, 0.3) is 0 Å². The van der Waals surface area contributed by atoms with E-state index >= 15 is 0 Å². The van der Waals surface area contributed by atoms with Crippen LogP contribution in [0.3, 0.4) is 0 Å². The summed E-state index contributed by atoms with van der Waals surface area (Å²) in [6.45, 7) is 10.0. The van der Waals surface area contributed by atoms with Crippen LogP contribution in [0.2, 0.25) is 0 Å². The molecule has 108 valence electrons. The van der Waals surface area contributed by atoms with E-state index < -0.39 is 0 Å². The number of carbonyl (C=O) groups excluding carboxylic acids is 2. The van der Waals surface area contributed by atoms with Gasteiger partial charge in [-0.2, -0.15) is 0 Å². The number of rotatable bonds is 5. The van der Waals surface area contributed by atoms with E-state index in [1.165, 1.54) is 6.92 Å². The van der Waals surface area contributed by atoms with Crippen molar-refractivity contribution in [3.63, 3.8) is 0 Å². The van der Waals surface area contributed by atoms with E-state index in [0.717, 1.165) is 26.2 Å². The molecule has 0 aromatic rings. The Kier molecular flexibility index (Phi) is 4.58. The minimum absolute atomic E-state index is 0.0261. The molecule has 1 amide bonds. The smallest absolute Gasteiger partial charge is 0.234 e. The fourth-order valence-electron chi connectivity index (χ4n) is 3.24. The maximum Gasteiger partial charge on any atom is 0.234 e. The van der Waals surface area contributed by atoms with Crippen LogP contribution in [-0.4, -0.2) is 55.4 Å². The minimum Gasteiger partial charge on any atom is -0.345 e. The number of hydrogen-bond acceptors (Lipinski definition) is 4. The molecule has 2 aliphatic rings. The van der Waals surface area contributed by atoms with Crippen molar-refractivity contribution in [2.24, 2.45) is 17.8 Å². The van der Waals surface area contributed by atoms with Crippen LogP contribution in [0.25, 0.3) is 0 Å². The Morgan fingerprint density at radius 2 is 1.84 bits per heavy atom. The van der Waals surface area contributed by atoms with Crippen molar-refractivity contribution in [2.75, 3.05) is 32.7 Å². The summed E-state index contributed by atoms with van der Waals surface area (Å²) in [5.74, 6) is 1.54. The highest BCUT2D eigenvalue weighted by Gasteiger charge is 2.36. The van der Waals surface area contributed by atoms with E-state index in [0.29, 0.717) is 18.4 Å². The largest absolute Gasteiger partial charge is 0.345 e. The van der Waals surface area contributed by atoms with Crippen LogP contribution < -0.4 is 10.6 Å². The number of ketones is 1. The van der Waals surface area contributed by atoms with Gasteiger partial charge in [-0.05, 0) is 37.8 Å². The number of nitrogens with one attached hydrogen (secondary N) is 2. The maximum atomic E-state index is 12.0. The Hall–Kier alpha value is -0.940. The fraction of sp³-hybridized carbons (Fsp3) is 0.857. The average Bonchev–Trinajstić information content (AvgIpc) is 2.85. The van der Waals surface area contributed by atoms with Crippen LogP contribution in [0.5, 0.6) is 0 Å².